The highest BCUT2D eigenvalue weighted by Crippen LogP contribution is 2.07. The maximum absolute atomic E-state index is 11.3. The first-order chi connectivity index (χ1) is 6.63. The zero-order valence-electron chi connectivity index (χ0n) is 7.52. The number of aromatic nitrogens is 1. The molecule has 0 aliphatic carbocycles. The van der Waals surface area contributed by atoms with E-state index in [9.17, 15) is 4.79 Å². The van der Waals surface area contributed by atoms with Crippen molar-refractivity contribution in [1.82, 2.24) is 10.3 Å². The van der Waals surface area contributed by atoms with E-state index < -0.39 is 0 Å². The fourth-order valence-electron chi connectivity index (χ4n) is 0.764. The maximum atomic E-state index is 11.3. The van der Waals surface area contributed by atoms with Crippen LogP contribution in [0, 0.1) is 6.92 Å². The van der Waals surface area contributed by atoms with Crippen molar-refractivity contribution in [1.29, 1.82) is 0 Å². The number of carbonyl (C=O) groups is 1. The van der Waals surface area contributed by atoms with E-state index >= 15 is 0 Å². The zero-order valence-corrected chi connectivity index (χ0v) is 8.34. The minimum atomic E-state index is -0.332. The van der Waals surface area contributed by atoms with Gasteiger partial charge in [0, 0.05) is 5.38 Å². The van der Waals surface area contributed by atoms with Gasteiger partial charge < -0.3 is 16.3 Å². The summed E-state index contributed by atoms with van der Waals surface area (Å²) in [6.07, 6.45) is 0. The van der Waals surface area contributed by atoms with Crippen molar-refractivity contribution in [3.8, 4) is 0 Å². The van der Waals surface area contributed by atoms with Crippen molar-refractivity contribution in [2.75, 3.05) is 6.54 Å². The van der Waals surface area contributed by atoms with Crippen LogP contribution in [0.5, 0.6) is 0 Å². The Balaban J connectivity index is 2.51. The second-order valence-electron chi connectivity index (χ2n) is 2.53. The van der Waals surface area contributed by atoms with Crippen molar-refractivity contribution in [3.05, 3.63) is 16.1 Å². The molecular formula is C7H10N4O2S. The fourth-order valence-corrected chi connectivity index (χ4v) is 1.36. The third-order valence-electron chi connectivity index (χ3n) is 1.41. The molecule has 0 atom stereocenters. The molecule has 14 heavy (non-hydrogen) atoms. The number of amides is 1. The van der Waals surface area contributed by atoms with Crippen LogP contribution in [0.4, 0.5) is 0 Å². The molecule has 0 fully saturated rings. The molecule has 1 rings (SSSR count). The van der Waals surface area contributed by atoms with E-state index in [1.807, 2.05) is 6.92 Å². The largest absolute Gasteiger partial charge is 0.409 e. The number of carbonyl (C=O) groups excluding carboxylic acids is 1. The van der Waals surface area contributed by atoms with Crippen LogP contribution < -0.4 is 11.1 Å². The van der Waals surface area contributed by atoms with Crippen LogP contribution >= 0.6 is 11.3 Å². The standard InChI is InChI=1S/C7H10N4O2S/c1-4-10-5(3-14-4)7(12)9-2-6(8)11-13/h3,13H,2H2,1H3,(H2,8,11)(H,9,12). The number of aryl methyl sites for hydroxylation is 1. The monoisotopic (exact) mass is 214 g/mol. The van der Waals surface area contributed by atoms with Gasteiger partial charge in [0.1, 0.15) is 5.69 Å². The molecule has 76 valence electrons. The van der Waals surface area contributed by atoms with Crippen LogP contribution in [0.3, 0.4) is 0 Å². The van der Waals surface area contributed by atoms with E-state index in [1.54, 1.807) is 5.38 Å². The van der Waals surface area contributed by atoms with Gasteiger partial charge in [0.2, 0.25) is 0 Å². The van der Waals surface area contributed by atoms with Crippen molar-refractivity contribution in [2.24, 2.45) is 10.9 Å². The van der Waals surface area contributed by atoms with Crippen molar-refractivity contribution < 1.29 is 10.0 Å². The third kappa shape index (κ3) is 2.70. The maximum Gasteiger partial charge on any atom is 0.271 e. The third-order valence-corrected chi connectivity index (χ3v) is 2.18. The number of nitrogens with two attached hydrogens (primary N) is 1. The molecule has 1 amide bonds. The minimum Gasteiger partial charge on any atom is -0.409 e. The lowest BCUT2D eigenvalue weighted by molar-refractivity contribution is 0.0954. The summed E-state index contributed by atoms with van der Waals surface area (Å²) < 4.78 is 0. The van der Waals surface area contributed by atoms with Gasteiger partial charge in [-0.1, -0.05) is 5.16 Å². The molecule has 0 aromatic carbocycles. The smallest absolute Gasteiger partial charge is 0.271 e. The zero-order chi connectivity index (χ0) is 10.6. The molecule has 0 bridgehead atoms. The van der Waals surface area contributed by atoms with Crippen LogP contribution in [0.25, 0.3) is 0 Å². The lowest BCUT2D eigenvalue weighted by Gasteiger charge is -2.00. The molecule has 0 spiro atoms. The first kappa shape index (κ1) is 10.5. The highest BCUT2D eigenvalue weighted by Gasteiger charge is 2.08. The van der Waals surface area contributed by atoms with Gasteiger partial charge in [-0.25, -0.2) is 4.98 Å². The number of thiazole rings is 1. The summed E-state index contributed by atoms with van der Waals surface area (Å²) >= 11 is 1.39. The first-order valence-corrected chi connectivity index (χ1v) is 4.68. The number of hydrogen-bond donors (Lipinski definition) is 3. The van der Waals surface area contributed by atoms with Crippen LogP contribution in [0.1, 0.15) is 15.5 Å². The molecule has 7 heteroatoms. The Morgan fingerprint density at radius 1 is 1.86 bits per heavy atom. The molecule has 1 aromatic heterocycles. The van der Waals surface area contributed by atoms with Gasteiger partial charge in [0.15, 0.2) is 5.84 Å². The van der Waals surface area contributed by atoms with Gasteiger partial charge >= 0.3 is 0 Å². The minimum absolute atomic E-state index is 0.00586. The molecule has 6 nitrogen and oxygen atoms in total. The normalized spacial score (nSPS) is 11.4. The molecule has 0 aliphatic heterocycles. The first-order valence-electron chi connectivity index (χ1n) is 3.80. The number of oxime groups is 1. The van der Waals surface area contributed by atoms with Crippen molar-refractivity contribution in [3.63, 3.8) is 0 Å². The Labute approximate surface area is 84.4 Å². The topological polar surface area (TPSA) is 101 Å². The average molecular weight is 214 g/mol. The summed E-state index contributed by atoms with van der Waals surface area (Å²) in [5.41, 5.74) is 5.52. The summed E-state index contributed by atoms with van der Waals surface area (Å²) in [5.74, 6) is -0.383. The second kappa shape index (κ2) is 4.56. The Morgan fingerprint density at radius 2 is 2.57 bits per heavy atom. The summed E-state index contributed by atoms with van der Waals surface area (Å²) in [5, 5.41) is 15.9. The van der Waals surface area contributed by atoms with E-state index in [0.29, 0.717) is 5.69 Å². The van der Waals surface area contributed by atoms with E-state index in [1.165, 1.54) is 11.3 Å². The Bertz CT molecular complexity index is 360. The van der Waals surface area contributed by atoms with E-state index in [-0.39, 0.29) is 18.3 Å². The molecule has 0 saturated heterocycles. The number of amidine groups is 1. The number of rotatable bonds is 3. The van der Waals surface area contributed by atoms with Gasteiger partial charge in [0.25, 0.3) is 5.91 Å². The molecule has 0 aliphatic rings. The molecule has 0 radical (unpaired) electrons. The molecule has 1 heterocycles. The Morgan fingerprint density at radius 3 is 3.07 bits per heavy atom. The fraction of sp³-hybridized carbons (Fsp3) is 0.286. The summed E-state index contributed by atoms with van der Waals surface area (Å²) in [6.45, 7) is 1.82. The van der Waals surface area contributed by atoms with Crippen LogP contribution in [0.2, 0.25) is 0 Å². The SMILES string of the molecule is Cc1nc(C(=O)NCC(N)=NO)cs1. The molecule has 4 N–H and O–H groups in total. The molecule has 1 aromatic rings. The van der Waals surface area contributed by atoms with Gasteiger partial charge in [-0.2, -0.15) is 0 Å². The van der Waals surface area contributed by atoms with Gasteiger partial charge in [-0.15, -0.1) is 11.3 Å². The Hall–Kier alpha value is -1.63. The van der Waals surface area contributed by atoms with E-state index in [0.717, 1.165) is 5.01 Å². The van der Waals surface area contributed by atoms with Gasteiger partial charge in [-0.05, 0) is 6.92 Å². The summed E-state index contributed by atoms with van der Waals surface area (Å²) in [6, 6.07) is 0. The van der Waals surface area contributed by atoms with Gasteiger partial charge in [-0.3, -0.25) is 4.79 Å². The molecule has 0 unspecified atom stereocenters. The number of nitrogens with one attached hydrogen (secondary N) is 1. The quantitative estimate of drug-likeness (QED) is 0.284. The predicted octanol–water partition coefficient (Wildman–Crippen LogP) is -0.0723. The van der Waals surface area contributed by atoms with Gasteiger partial charge in [0.05, 0.1) is 11.6 Å². The molecule has 0 saturated carbocycles. The highest BCUT2D eigenvalue weighted by atomic mass is 32.1. The summed E-state index contributed by atoms with van der Waals surface area (Å²) in [4.78, 5) is 15.3. The average Bonchev–Trinajstić information content (AvgIpc) is 2.60. The molecular weight excluding hydrogens is 204 g/mol. The van der Waals surface area contributed by atoms with Crippen LogP contribution in [0.15, 0.2) is 10.5 Å². The summed E-state index contributed by atoms with van der Waals surface area (Å²) in [7, 11) is 0. The lowest BCUT2D eigenvalue weighted by atomic mass is 10.4. The number of hydrogen-bond acceptors (Lipinski definition) is 5. The van der Waals surface area contributed by atoms with Crippen molar-refractivity contribution in [2.45, 2.75) is 6.92 Å². The van der Waals surface area contributed by atoms with Crippen molar-refractivity contribution >= 4 is 23.1 Å². The second-order valence-corrected chi connectivity index (χ2v) is 3.59. The van der Waals surface area contributed by atoms with E-state index in [2.05, 4.69) is 15.5 Å². The van der Waals surface area contributed by atoms with Crippen LogP contribution in [-0.4, -0.2) is 28.5 Å². The highest BCUT2D eigenvalue weighted by molar-refractivity contribution is 7.09. The predicted molar refractivity (Wildman–Crippen MR) is 52.6 cm³/mol. The van der Waals surface area contributed by atoms with E-state index in [4.69, 9.17) is 10.9 Å². The number of nitrogens with zero attached hydrogens (tertiary/aromatic N) is 2. The lowest BCUT2D eigenvalue weighted by Crippen LogP contribution is -2.33. The van der Waals surface area contributed by atoms with Crippen LogP contribution in [-0.2, 0) is 0 Å². The Kier molecular flexibility index (Phi) is 3.41.